The molecule has 1 aliphatic rings. The van der Waals surface area contributed by atoms with Crippen molar-refractivity contribution in [3.63, 3.8) is 0 Å². The van der Waals surface area contributed by atoms with Crippen molar-refractivity contribution in [2.24, 2.45) is 0 Å². The molecular weight excluding hydrogens is 432 g/mol. The van der Waals surface area contributed by atoms with Crippen LogP contribution in [0.1, 0.15) is 15.9 Å². The van der Waals surface area contributed by atoms with E-state index < -0.39 is 10.0 Å². The monoisotopic (exact) mass is 460 g/mol. The highest BCUT2D eigenvalue weighted by atomic mass is 32.2. The summed E-state index contributed by atoms with van der Waals surface area (Å²) in [6.07, 6.45) is 1.67. The van der Waals surface area contributed by atoms with Crippen LogP contribution in [0.4, 0.5) is 0 Å². The van der Waals surface area contributed by atoms with Gasteiger partial charge in [0, 0.05) is 26.7 Å². The highest BCUT2D eigenvalue weighted by Gasteiger charge is 2.28. The van der Waals surface area contributed by atoms with Crippen molar-refractivity contribution in [1.29, 1.82) is 0 Å². The van der Waals surface area contributed by atoms with Crippen molar-refractivity contribution in [1.82, 2.24) is 9.21 Å². The van der Waals surface area contributed by atoms with Gasteiger partial charge in [0.1, 0.15) is 18.1 Å². The zero-order valence-corrected chi connectivity index (χ0v) is 19.1. The first-order chi connectivity index (χ1) is 15.4. The second-order valence-corrected chi connectivity index (χ2v) is 9.22. The van der Waals surface area contributed by atoms with Crippen molar-refractivity contribution < 1.29 is 27.4 Å². The van der Waals surface area contributed by atoms with Crippen LogP contribution in [0.5, 0.6) is 11.5 Å². The summed E-state index contributed by atoms with van der Waals surface area (Å²) in [7, 11) is -0.626. The first kappa shape index (κ1) is 23.8. The lowest BCUT2D eigenvalue weighted by molar-refractivity contribution is 0.0730. The van der Waals surface area contributed by atoms with Gasteiger partial charge < -0.3 is 19.1 Å². The molecule has 1 amide bonds. The number of methoxy groups -OCH3 is 1. The number of ether oxygens (including phenoxy) is 3. The molecule has 1 heterocycles. The Morgan fingerprint density at radius 3 is 2.50 bits per heavy atom. The fourth-order valence-electron chi connectivity index (χ4n) is 3.35. The molecule has 1 fully saturated rings. The smallest absolute Gasteiger partial charge is 0.257 e. The predicted octanol–water partition coefficient (Wildman–Crippen LogP) is 2.55. The molecule has 3 rings (SSSR count). The third-order valence-corrected chi connectivity index (χ3v) is 6.96. The molecule has 2 aromatic carbocycles. The lowest BCUT2D eigenvalue weighted by Gasteiger charge is -2.26. The summed E-state index contributed by atoms with van der Waals surface area (Å²) in [5, 5.41) is 0. The van der Waals surface area contributed by atoms with E-state index in [4.69, 9.17) is 14.2 Å². The van der Waals surface area contributed by atoms with Gasteiger partial charge in [-0.25, -0.2) is 8.42 Å². The summed E-state index contributed by atoms with van der Waals surface area (Å²) in [5.41, 5.74) is 1.10. The maximum Gasteiger partial charge on any atom is 0.257 e. The molecule has 0 atom stereocenters. The Kier molecular flexibility index (Phi) is 7.89. The Morgan fingerprint density at radius 2 is 1.88 bits per heavy atom. The molecule has 1 aliphatic heterocycles. The minimum absolute atomic E-state index is 0.0562. The van der Waals surface area contributed by atoms with Gasteiger partial charge >= 0.3 is 0 Å². The van der Waals surface area contributed by atoms with Crippen LogP contribution in [0, 0.1) is 0 Å². The van der Waals surface area contributed by atoms with E-state index >= 15 is 0 Å². The lowest BCUT2D eigenvalue weighted by Crippen LogP contribution is -2.40. The number of amides is 1. The molecular formula is C23H28N2O6S. The first-order valence-corrected chi connectivity index (χ1v) is 11.6. The van der Waals surface area contributed by atoms with Gasteiger partial charge in [0.05, 0.1) is 30.8 Å². The van der Waals surface area contributed by atoms with E-state index in [1.54, 1.807) is 13.1 Å². The maximum atomic E-state index is 13.2. The number of hydrogen-bond acceptors (Lipinski definition) is 6. The highest BCUT2D eigenvalue weighted by molar-refractivity contribution is 7.89. The molecule has 0 saturated carbocycles. The Hall–Kier alpha value is -2.88. The summed E-state index contributed by atoms with van der Waals surface area (Å²) in [4.78, 5) is 14.7. The van der Waals surface area contributed by atoms with E-state index in [2.05, 4.69) is 6.58 Å². The average molecular weight is 461 g/mol. The van der Waals surface area contributed by atoms with Crippen LogP contribution in [0.2, 0.25) is 0 Å². The third kappa shape index (κ3) is 5.48. The van der Waals surface area contributed by atoms with E-state index in [1.807, 2.05) is 24.3 Å². The summed E-state index contributed by atoms with van der Waals surface area (Å²) in [6, 6.07) is 11.8. The minimum Gasteiger partial charge on any atom is -0.496 e. The number of morpholine rings is 1. The Bertz CT molecular complexity index is 1050. The fraction of sp³-hybridized carbons (Fsp3) is 0.348. The van der Waals surface area contributed by atoms with Crippen LogP contribution in [0.15, 0.2) is 60.0 Å². The van der Waals surface area contributed by atoms with Gasteiger partial charge in [-0.05, 0) is 35.9 Å². The van der Waals surface area contributed by atoms with E-state index in [0.29, 0.717) is 37.9 Å². The van der Waals surface area contributed by atoms with Gasteiger partial charge in [-0.2, -0.15) is 4.31 Å². The molecule has 32 heavy (non-hydrogen) atoms. The number of hydrogen-bond donors (Lipinski definition) is 0. The Morgan fingerprint density at radius 1 is 1.19 bits per heavy atom. The van der Waals surface area contributed by atoms with E-state index in [1.165, 1.54) is 34.5 Å². The Labute approximate surface area is 189 Å². The van der Waals surface area contributed by atoms with Crippen molar-refractivity contribution in [3.05, 3.63) is 66.2 Å². The van der Waals surface area contributed by atoms with Crippen molar-refractivity contribution in [3.8, 4) is 11.5 Å². The van der Waals surface area contributed by atoms with Gasteiger partial charge in [0.25, 0.3) is 5.91 Å². The van der Waals surface area contributed by atoms with Crippen LogP contribution in [-0.2, 0) is 21.3 Å². The number of benzene rings is 2. The highest BCUT2D eigenvalue weighted by Crippen LogP contribution is 2.26. The molecule has 8 nitrogen and oxygen atoms in total. The molecule has 0 aromatic heterocycles. The van der Waals surface area contributed by atoms with Gasteiger partial charge in [-0.3, -0.25) is 4.79 Å². The molecule has 0 unspecified atom stereocenters. The van der Waals surface area contributed by atoms with Crippen LogP contribution in [0.25, 0.3) is 0 Å². The second-order valence-electron chi connectivity index (χ2n) is 7.28. The topological polar surface area (TPSA) is 85.4 Å². The molecule has 0 spiro atoms. The molecule has 0 N–H and O–H groups in total. The summed E-state index contributed by atoms with van der Waals surface area (Å²) < 4.78 is 43.5. The molecule has 172 valence electrons. The summed E-state index contributed by atoms with van der Waals surface area (Å²) in [5.74, 6) is 0.689. The minimum atomic E-state index is -3.73. The van der Waals surface area contributed by atoms with Crippen LogP contribution >= 0.6 is 0 Å². The fourth-order valence-corrected chi connectivity index (χ4v) is 4.78. The van der Waals surface area contributed by atoms with E-state index in [0.717, 1.165) is 5.56 Å². The lowest BCUT2D eigenvalue weighted by atomic mass is 10.1. The number of carbonyl (C=O) groups excluding carboxylic acids is 1. The summed E-state index contributed by atoms with van der Waals surface area (Å²) in [6.45, 7) is 5.63. The van der Waals surface area contributed by atoms with Gasteiger partial charge in [0.15, 0.2) is 0 Å². The van der Waals surface area contributed by atoms with Crippen molar-refractivity contribution in [2.75, 3.05) is 47.1 Å². The SMILES string of the molecule is C=CCOc1ccc(CN(C)C(=O)c2cc(S(=O)(=O)N3CCOCC3)ccc2OC)cc1. The van der Waals surface area contributed by atoms with Crippen LogP contribution in [0.3, 0.4) is 0 Å². The largest absolute Gasteiger partial charge is 0.496 e. The number of carbonyl (C=O) groups is 1. The molecule has 1 saturated heterocycles. The number of nitrogens with zero attached hydrogens (tertiary/aromatic N) is 2. The van der Waals surface area contributed by atoms with Gasteiger partial charge in [-0.1, -0.05) is 24.8 Å². The second kappa shape index (κ2) is 10.6. The molecule has 0 radical (unpaired) electrons. The molecule has 9 heteroatoms. The van der Waals surface area contributed by atoms with E-state index in [-0.39, 0.29) is 29.5 Å². The van der Waals surface area contributed by atoms with Gasteiger partial charge in [-0.15, -0.1) is 0 Å². The zero-order valence-electron chi connectivity index (χ0n) is 18.3. The number of sulfonamides is 1. The van der Waals surface area contributed by atoms with Gasteiger partial charge in [0.2, 0.25) is 10.0 Å². The van der Waals surface area contributed by atoms with Crippen molar-refractivity contribution >= 4 is 15.9 Å². The van der Waals surface area contributed by atoms with Crippen LogP contribution < -0.4 is 9.47 Å². The van der Waals surface area contributed by atoms with Crippen molar-refractivity contribution in [2.45, 2.75) is 11.4 Å². The third-order valence-electron chi connectivity index (χ3n) is 5.07. The number of rotatable bonds is 9. The average Bonchev–Trinajstić information content (AvgIpc) is 2.83. The molecule has 2 aromatic rings. The predicted molar refractivity (Wildman–Crippen MR) is 121 cm³/mol. The quantitative estimate of drug-likeness (QED) is 0.535. The Balaban J connectivity index is 1.80. The zero-order chi connectivity index (χ0) is 23.1. The molecule has 0 bridgehead atoms. The van der Waals surface area contributed by atoms with E-state index in [9.17, 15) is 13.2 Å². The normalized spacial score (nSPS) is 14.6. The standard InChI is InChI=1S/C23H28N2O6S/c1-4-13-31-19-7-5-18(6-8-19)17-24(2)23(26)21-16-20(9-10-22(21)29-3)32(27,28)25-11-14-30-15-12-25/h4-10,16H,1,11-15,17H2,2-3H3. The maximum absolute atomic E-state index is 13.2. The summed E-state index contributed by atoms with van der Waals surface area (Å²) >= 11 is 0. The van der Waals surface area contributed by atoms with Crippen LogP contribution in [-0.4, -0.2) is 70.6 Å². The first-order valence-electron chi connectivity index (χ1n) is 10.2. The molecule has 0 aliphatic carbocycles.